The monoisotopic (exact) mass is 241 g/mol. The van der Waals surface area contributed by atoms with Gasteiger partial charge in [0.1, 0.15) is 17.1 Å². The molecule has 2 heterocycles. The number of H-pyrrole nitrogens is 1. The highest BCUT2D eigenvalue weighted by Crippen LogP contribution is 2.15. The number of fused-ring (bicyclic) bond motifs is 1. The van der Waals surface area contributed by atoms with Gasteiger partial charge in [-0.1, -0.05) is 12.1 Å². The van der Waals surface area contributed by atoms with Crippen LogP contribution in [0.25, 0.3) is 11.2 Å². The molecule has 6 nitrogen and oxygen atoms in total. The van der Waals surface area contributed by atoms with Crippen LogP contribution in [-0.2, 0) is 6.42 Å². The number of aromatic hydroxyl groups is 1. The van der Waals surface area contributed by atoms with Gasteiger partial charge in [0.25, 0.3) is 0 Å². The molecule has 0 saturated carbocycles. The van der Waals surface area contributed by atoms with Gasteiger partial charge in [-0.15, -0.1) is 0 Å². The normalized spacial score (nSPS) is 10.9. The number of phenolic OH excluding ortho intramolecular Hbond substituents is 1. The Morgan fingerprint density at radius 3 is 3.00 bits per heavy atom. The Kier molecular flexibility index (Phi) is 2.33. The van der Waals surface area contributed by atoms with Crippen molar-refractivity contribution in [2.75, 3.05) is 5.73 Å². The predicted octanol–water partition coefficient (Wildman–Crippen LogP) is 1.23. The molecule has 0 fully saturated rings. The van der Waals surface area contributed by atoms with Crippen molar-refractivity contribution >= 4 is 17.1 Å². The van der Waals surface area contributed by atoms with Crippen molar-refractivity contribution in [1.82, 2.24) is 19.9 Å². The summed E-state index contributed by atoms with van der Waals surface area (Å²) >= 11 is 0. The second-order valence-electron chi connectivity index (χ2n) is 3.99. The fourth-order valence-electron chi connectivity index (χ4n) is 1.82. The minimum Gasteiger partial charge on any atom is -0.508 e. The number of benzene rings is 1. The Bertz CT molecular complexity index is 707. The average Bonchev–Trinajstić information content (AvgIpc) is 2.70. The maximum absolute atomic E-state index is 9.40. The Hall–Kier alpha value is -2.63. The summed E-state index contributed by atoms with van der Waals surface area (Å²) in [6.07, 6.45) is 2.17. The summed E-state index contributed by atoms with van der Waals surface area (Å²) in [5, 5.41) is 9.40. The molecule has 0 aliphatic heterocycles. The van der Waals surface area contributed by atoms with Gasteiger partial charge in [-0.05, 0) is 17.7 Å². The molecule has 0 bridgehead atoms. The standard InChI is InChI=1S/C12H11N5O/c13-12-14-6-9-11(17-12)16-10(15-9)5-7-2-1-3-8(18)4-7/h1-4,6,18H,5H2,(H3,13,14,15,16,17). The van der Waals surface area contributed by atoms with Crippen LogP contribution >= 0.6 is 0 Å². The van der Waals surface area contributed by atoms with Crippen molar-refractivity contribution in [3.05, 3.63) is 41.9 Å². The van der Waals surface area contributed by atoms with Crippen LogP contribution < -0.4 is 5.73 Å². The van der Waals surface area contributed by atoms with Gasteiger partial charge in [-0.25, -0.2) is 9.97 Å². The van der Waals surface area contributed by atoms with Gasteiger partial charge in [0, 0.05) is 6.42 Å². The number of aromatic amines is 1. The number of imidazole rings is 1. The van der Waals surface area contributed by atoms with Crippen LogP contribution in [0.15, 0.2) is 30.5 Å². The van der Waals surface area contributed by atoms with E-state index in [9.17, 15) is 5.11 Å². The highest BCUT2D eigenvalue weighted by molar-refractivity contribution is 5.70. The SMILES string of the molecule is Nc1ncc2nc(Cc3cccc(O)c3)[nH]c2n1. The molecule has 3 rings (SSSR count). The topological polar surface area (TPSA) is 101 Å². The van der Waals surface area contributed by atoms with Crippen LogP contribution in [0.1, 0.15) is 11.4 Å². The van der Waals surface area contributed by atoms with E-state index in [0.717, 1.165) is 11.4 Å². The van der Waals surface area contributed by atoms with E-state index in [4.69, 9.17) is 5.73 Å². The quantitative estimate of drug-likeness (QED) is 0.626. The number of anilines is 1. The van der Waals surface area contributed by atoms with E-state index in [1.165, 1.54) is 0 Å². The third kappa shape index (κ3) is 1.95. The molecular formula is C12H11N5O. The lowest BCUT2D eigenvalue weighted by molar-refractivity contribution is 0.474. The third-order valence-corrected chi connectivity index (χ3v) is 2.59. The van der Waals surface area contributed by atoms with Gasteiger partial charge in [0.2, 0.25) is 5.95 Å². The van der Waals surface area contributed by atoms with E-state index < -0.39 is 0 Å². The maximum Gasteiger partial charge on any atom is 0.222 e. The molecule has 4 N–H and O–H groups in total. The van der Waals surface area contributed by atoms with Crippen LogP contribution in [0.4, 0.5) is 5.95 Å². The first-order valence-electron chi connectivity index (χ1n) is 5.46. The van der Waals surface area contributed by atoms with Crippen molar-refractivity contribution in [2.24, 2.45) is 0 Å². The number of hydrogen-bond acceptors (Lipinski definition) is 5. The number of hydrogen-bond donors (Lipinski definition) is 3. The second-order valence-corrected chi connectivity index (χ2v) is 3.99. The number of nitrogens with zero attached hydrogens (tertiary/aromatic N) is 3. The molecule has 6 heteroatoms. The fraction of sp³-hybridized carbons (Fsp3) is 0.0833. The van der Waals surface area contributed by atoms with E-state index in [0.29, 0.717) is 17.6 Å². The molecule has 0 spiro atoms. The van der Waals surface area contributed by atoms with Crippen LogP contribution in [0.2, 0.25) is 0 Å². The first-order chi connectivity index (χ1) is 8.70. The van der Waals surface area contributed by atoms with Crippen LogP contribution in [0.5, 0.6) is 5.75 Å². The Labute approximate surface area is 103 Å². The summed E-state index contributed by atoms with van der Waals surface area (Å²) < 4.78 is 0. The number of rotatable bonds is 2. The van der Waals surface area contributed by atoms with E-state index >= 15 is 0 Å². The van der Waals surface area contributed by atoms with Gasteiger partial charge in [0.05, 0.1) is 6.20 Å². The zero-order chi connectivity index (χ0) is 12.5. The third-order valence-electron chi connectivity index (χ3n) is 2.59. The van der Waals surface area contributed by atoms with Crippen LogP contribution in [0.3, 0.4) is 0 Å². The molecule has 0 saturated heterocycles. The van der Waals surface area contributed by atoms with Gasteiger partial charge in [0.15, 0.2) is 5.65 Å². The molecule has 0 atom stereocenters. The highest BCUT2D eigenvalue weighted by atomic mass is 16.3. The predicted molar refractivity (Wildman–Crippen MR) is 67.0 cm³/mol. The summed E-state index contributed by atoms with van der Waals surface area (Å²) in [7, 11) is 0. The summed E-state index contributed by atoms with van der Waals surface area (Å²) in [6, 6.07) is 7.06. The van der Waals surface area contributed by atoms with Gasteiger partial charge in [-0.3, -0.25) is 0 Å². The molecule has 0 aliphatic rings. The number of phenols is 1. The molecule has 3 aromatic rings. The summed E-state index contributed by atoms with van der Waals surface area (Å²) in [5.41, 5.74) is 7.77. The Morgan fingerprint density at radius 1 is 1.28 bits per heavy atom. The molecule has 18 heavy (non-hydrogen) atoms. The average molecular weight is 241 g/mol. The van der Waals surface area contributed by atoms with Crippen molar-refractivity contribution in [3.63, 3.8) is 0 Å². The fourth-order valence-corrected chi connectivity index (χ4v) is 1.82. The molecule has 0 amide bonds. The van der Waals surface area contributed by atoms with Crippen molar-refractivity contribution in [2.45, 2.75) is 6.42 Å². The van der Waals surface area contributed by atoms with Gasteiger partial charge >= 0.3 is 0 Å². The smallest absolute Gasteiger partial charge is 0.222 e. The maximum atomic E-state index is 9.40. The van der Waals surface area contributed by atoms with Crippen molar-refractivity contribution < 1.29 is 5.11 Å². The Morgan fingerprint density at radius 2 is 2.17 bits per heavy atom. The Balaban J connectivity index is 1.95. The van der Waals surface area contributed by atoms with Gasteiger partial charge in [-0.2, -0.15) is 4.98 Å². The molecule has 0 radical (unpaired) electrons. The molecular weight excluding hydrogens is 230 g/mol. The number of nitrogens with one attached hydrogen (secondary N) is 1. The largest absolute Gasteiger partial charge is 0.508 e. The highest BCUT2D eigenvalue weighted by Gasteiger charge is 2.06. The summed E-state index contributed by atoms with van der Waals surface area (Å²) in [6.45, 7) is 0. The molecule has 0 aliphatic carbocycles. The summed E-state index contributed by atoms with van der Waals surface area (Å²) in [5.74, 6) is 1.22. The number of nitrogens with two attached hydrogens (primary N) is 1. The number of nitrogen functional groups attached to an aromatic ring is 1. The molecule has 1 aromatic carbocycles. The minimum absolute atomic E-state index is 0.218. The molecule has 90 valence electrons. The van der Waals surface area contributed by atoms with Gasteiger partial charge < -0.3 is 15.8 Å². The lowest BCUT2D eigenvalue weighted by atomic mass is 10.1. The van der Waals surface area contributed by atoms with Crippen molar-refractivity contribution in [3.8, 4) is 5.75 Å². The lowest BCUT2D eigenvalue weighted by Gasteiger charge is -1.98. The molecule has 2 aromatic heterocycles. The number of aromatic nitrogens is 4. The lowest BCUT2D eigenvalue weighted by Crippen LogP contribution is -1.93. The van der Waals surface area contributed by atoms with Crippen LogP contribution in [0, 0.1) is 0 Å². The second kappa shape index (κ2) is 3.99. The first kappa shape index (κ1) is 10.5. The molecule has 0 unspecified atom stereocenters. The first-order valence-corrected chi connectivity index (χ1v) is 5.46. The van der Waals surface area contributed by atoms with E-state index in [1.807, 2.05) is 6.07 Å². The van der Waals surface area contributed by atoms with E-state index in [1.54, 1.807) is 24.4 Å². The minimum atomic E-state index is 0.218. The zero-order valence-electron chi connectivity index (χ0n) is 9.46. The van der Waals surface area contributed by atoms with E-state index in [-0.39, 0.29) is 11.7 Å². The van der Waals surface area contributed by atoms with Crippen LogP contribution in [-0.4, -0.2) is 25.0 Å². The summed E-state index contributed by atoms with van der Waals surface area (Å²) in [4.78, 5) is 15.4. The van der Waals surface area contributed by atoms with E-state index in [2.05, 4.69) is 19.9 Å². The van der Waals surface area contributed by atoms with Crippen molar-refractivity contribution in [1.29, 1.82) is 0 Å². The zero-order valence-corrected chi connectivity index (χ0v) is 9.46.